The van der Waals surface area contributed by atoms with Crippen molar-refractivity contribution in [3.8, 4) is 0 Å². The molecular weight excluding hydrogens is 313 g/mol. The van der Waals surface area contributed by atoms with Crippen molar-refractivity contribution in [2.75, 3.05) is 13.1 Å². The van der Waals surface area contributed by atoms with E-state index in [0.29, 0.717) is 18.1 Å². The Morgan fingerprint density at radius 1 is 1.38 bits per heavy atom. The molecule has 0 aromatic heterocycles. The van der Waals surface area contributed by atoms with E-state index in [0.717, 1.165) is 18.7 Å². The van der Waals surface area contributed by atoms with Gasteiger partial charge >= 0.3 is 0 Å². The Bertz CT molecular complexity index is 374. The van der Waals surface area contributed by atoms with Gasteiger partial charge < -0.3 is 5.32 Å². The third kappa shape index (κ3) is 2.83. The minimum absolute atomic E-state index is 0.208. The molecule has 16 heavy (non-hydrogen) atoms. The predicted octanol–water partition coefficient (Wildman–Crippen LogP) is 2.26. The summed E-state index contributed by atoms with van der Waals surface area (Å²) < 4.78 is 1.21. The molecule has 1 aromatic carbocycles. The SMILES string of the molecule is CC1CNCC1C(=O)Cc1ccc(I)cc1. The number of hydrogen-bond donors (Lipinski definition) is 1. The van der Waals surface area contributed by atoms with Crippen molar-refractivity contribution >= 4 is 28.4 Å². The minimum Gasteiger partial charge on any atom is -0.316 e. The molecular formula is C13H16INO. The van der Waals surface area contributed by atoms with Gasteiger partial charge in [0.2, 0.25) is 0 Å². The van der Waals surface area contributed by atoms with Crippen molar-refractivity contribution in [1.29, 1.82) is 0 Å². The Kier molecular flexibility index (Phi) is 3.97. The average molecular weight is 329 g/mol. The van der Waals surface area contributed by atoms with Crippen LogP contribution >= 0.6 is 22.6 Å². The van der Waals surface area contributed by atoms with E-state index in [1.807, 2.05) is 12.1 Å². The van der Waals surface area contributed by atoms with Crippen molar-refractivity contribution < 1.29 is 4.79 Å². The van der Waals surface area contributed by atoms with Crippen LogP contribution < -0.4 is 5.32 Å². The minimum atomic E-state index is 0.208. The summed E-state index contributed by atoms with van der Waals surface area (Å²) in [6.07, 6.45) is 0.577. The fourth-order valence-electron chi connectivity index (χ4n) is 2.18. The number of halogens is 1. The van der Waals surface area contributed by atoms with Gasteiger partial charge in [-0.25, -0.2) is 0 Å². The summed E-state index contributed by atoms with van der Waals surface area (Å²) in [5, 5.41) is 3.28. The number of rotatable bonds is 3. The van der Waals surface area contributed by atoms with Crippen LogP contribution in [0.4, 0.5) is 0 Å². The first-order chi connectivity index (χ1) is 7.66. The highest BCUT2D eigenvalue weighted by atomic mass is 127. The number of carbonyl (C=O) groups excluding carboxylic acids is 1. The lowest BCUT2D eigenvalue weighted by molar-refractivity contribution is -0.122. The van der Waals surface area contributed by atoms with Crippen LogP contribution in [0.25, 0.3) is 0 Å². The molecule has 1 heterocycles. The van der Waals surface area contributed by atoms with Crippen LogP contribution in [0.3, 0.4) is 0 Å². The smallest absolute Gasteiger partial charge is 0.141 e. The van der Waals surface area contributed by atoms with Crippen molar-refractivity contribution in [2.24, 2.45) is 11.8 Å². The largest absolute Gasteiger partial charge is 0.316 e. The fourth-order valence-corrected chi connectivity index (χ4v) is 2.54. The fraction of sp³-hybridized carbons (Fsp3) is 0.462. The molecule has 1 saturated heterocycles. The van der Waals surface area contributed by atoms with Crippen molar-refractivity contribution in [1.82, 2.24) is 5.32 Å². The molecule has 2 nitrogen and oxygen atoms in total. The predicted molar refractivity (Wildman–Crippen MR) is 73.4 cm³/mol. The molecule has 1 aromatic rings. The standard InChI is InChI=1S/C13H16INO/c1-9-7-15-8-12(9)13(16)6-10-2-4-11(14)5-3-10/h2-5,9,12,15H,6-8H2,1H3. The molecule has 0 radical (unpaired) electrons. The highest BCUT2D eigenvalue weighted by Gasteiger charge is 2.28. The van der Waals surface area contributed by atoms with Gasteiger partial charge in [0, 0.05) is 22.5 Å². The Hall–Kier alpha value is -0.420. The zero-order valence-corrected chi connectivity index (χ0v) is 11.5. The van der Waals surface area contributed by atoms with Crippen LogP contribution in [0.2, 0.25) is 0 Å². The topological polar surface area (TPSA) is 29.1 Å². The summed E-state index contributed by atoms with van der Waals surface area (Å²) in [5.41, 5.74) is 1.13. The van der Waals surface area contributed by atoms with Crippen molar-refractivity contribution in [3.63, 3.8) is 0 Å². The molecule has 0 bridgehead atoms. The van der Waals surface area contributed by atoms with Gasteiger partial charge in [-0.2, -0.15) is 0 Å². The molecule has 0 saturated carbocycles. The number of benzene rings is 1. The number of carbonyl (C=O) groups is 1. The van der Waals surface area contributed by atoms with Gasteiger partial charge in [0.15, 0.2) is 0 Å². The van der Waals surface area contributed by atoms with Crippen LogP contribution in [0, 0.1) is 15.4 Å². The second-order valence-electron chi connectivity index (χ2n) is 4.51. The highest BCUT2D eigenvalue weighted by Crippen LogP contribution is 2.19. The second kappa shape index (κ2) is 5.27. The summed E-state index contributed by atoms with van der Waals surface area (Å²) in [5.74, 6) is 1.06. The van der Waals surface area contributed by atoms with Crippen molar-refractivity contribution in [2.45, 2.75) is 13.3 Å². The zero-order valence-electron chi connectivity index (χ0n) is 9.37. The van der Waals surface area contributed by atoms with E-state index in [4.69, 9.17) is 0 Å². The summed E-state index contributed by atoms with van der Waals surface area (Å²) >= 11 is 2.28. The Labute approximate surface area is 110 Å². The first-order valence-electron chi connectivity index (χ1n) is 5.64. The maximum Gasteiger partial charge on any atom is 0.141 e. The number of Topliss-reactive ketones (excluding diaryl/α,β-unsaturated/α-hetero) is 1. The van der Waals surface area contributed by atoms with E-state index in [1.165, 1.54) is 3.57 Å². The Balaban J connectivity index is 1.99. The molecule has 1 aliphatic heterocycles. The normalized spacial score (nSPS) is 24.6. The van der Waals surface area contributed by atoms with Crippen LogP contribution in [-0.4, -0.2) is 18.9 Å². The van der Waals surface area contributed by atoms with E-state index in [9.17, 15) is 4.79 Å². The summed E-state index contributed by atoms with van der Waals surface area (Å²) in [6, 6.07) is 8.21. The molecule has 0 amide bonds. The molecule has 1 fully saturated rings. The molecule has 3 heteroatoms. The second-order valence-corrected chi connectivity index (χ2v) is 5.76. The van der Waals surface area contributed by atoms with Gasteiger partial charge in [0.1, 0.15) is 5.78 Å². The molecule has 2 atom stereocenters. The van der Waals surface area contributed by atoms with E-state index in [1.54, 1.807) is 0 Å². The quantitative estimate of drug-likeness (QED) is 0.862. The lowest BCUT2D eigenvalue weighted by Gasteiger charge is -2.12. The molecule has 0 spiro atoms. The van der Waals surface area contributed by atoms with E-state index in [-0.39, 0.29) is 5.92 Å². The molecule has 1 N–H and O–H groups in total. The Morgan fingerprint density at radius 2 is 2.06 bits per heavy atom. The molecule has 1 aliphatic rings. The third-order valence-corrected chi connectivity index (χ3v) is 3.94. The molecule has 86 valence electrons. The number of ketones is 1. The number of hydrogen-bond acceptors (Lipinski definition) is 2. The van der Waals surface area contributed by atoms with Crippen LogP contribution in [0.1, 0.15) is 12.5 Å². The maximum absolute atomic E-state index is 12.1. The van der Waals surface area contributed by atoms with Gasteiger partial charge in [0.05, 0.1) is 0 Å². The molecule has 2 rings (SSSR count). The summed E-state index contributed by atoms with van der Waals surface area (Å²) in [4.78, 5) is 12.1. The van der Waals surface area contributed by atoms with Crippen LogP contribution in [-0.2, 0) is 11.2 Å². The first-order valence-corrected chi connectivity index (χ1v) is 6.72. The van der Waals surface area contributed by atoms with Gasteiger partial charge in [-0.1, -0.05) is 19.1 Å². The lowest BCUT2D eigenvalue weighted by Crippen LogP contribution is -2.23. The highest BCUT2D eigenvalue weighted by molar-refractivity contribution is 14.1. The maximum atomic E-state index is 12.1. The van der Waals surface area contributed by atoms with E-state index >= 15 is 0 Å². The number of nitrogens with one attached hydrogen (secondary N) is 1. The van der Waals surface area contributed by atoms with Crippen LogP contribution in [0.5, 0.6) is 0 Å². The molecule has 0 aliphatic carbocycles. The van der Waals surface area contributed by atoms with Crippen molar-refractivity contribution in [3.05, 3.63) is 33.4 Å². The van der Waals surface area contributed by atoms with E-state index in [2.05, 4.69) is 47.0 Å². The first kappa shape index (κ1) is 12.0. The van der Waals surface area contributed by atoms with E-state index < -0.39 is 0 Å². The molecule has 2 unspecified atom stereocenters. The lowest BCUT2D eigenvalue weighted by atomic mass is 9.90. The van der Waals surface area contributed by atoms with Gasteiger partial charge in [-0.15, -0.1) is 0 Å². The summed E-state index contributed by atoms with van der Waals surface area (Å²) in [6.45, 7) is 3.98. The zero-order chi connectivity index (χ0) is 11.5. The third-order valence-electron chi connectivity index (χ3n) is 3.22. The summed E-state index contributed by atoms with van der Waals surface area (Å²) in [7, 11) is 0. The Morgan fingerprint density at radius 3 is 2.62 bits per heavy atom. The van der Waals surface area contributed by atoms with Gasteiger partial charge in [-0.05, 0) is 52.7 Å². The van der Waals surface area contributed by atoms with Gasteiger partial charge in [-0.3, -0.25) is 4.79 Å². The van der Waals surface area contributed by atoms with Crippen LogP contribution in [0.15, 0.2) is 24.3 Å². The van der Waals surface area contributed by atoms with Gasteiger partial charge in [0.25, 0.3) is 0 Å². The monoisotopic (exact) mass is 329 g/mol. The average Bonchev–Trinajstić information content (AvgIpc) is 2.68.